The number of nitrogens with zero attached hydrogens (tertiary/aromatic N) is 6. The summed E-state index contributed by atoms with van der Waals surface area (Å²) in [6.45, 7) is 3.57. The van der Waals surface area contributed by atoms with Crippen molar-refractivity contribution >= 4 is 34.0 Å². The second kappa shape index (κ2) is 7.72. The normalized spacial score (nSPS) is 10.8. The van der Waals surface area contributed by atoms with Crippen LogP contribution in [0.3, 0.4) is 0 Å². The van der Waals surface area contributed by atoms with E-state index in [2.05, 4.69) is 30.8 Å². The van der Waals surface area contributed by atoms with Gasteiger partial charge in [-0.2, -0.15) is 5.10 Å². The molecule has 0 spiro atoms. The van der Waals surface area contributed by atoms with Crippen LogP contribution in [0.1, 0.15) is 33.5 Å². The zero-order valence-electron chi connectivity index (χ0n) is 15.5. The van der Waals surface area contributed by atoms with Gasteiger partial charge in [-0.1, -0.05) is 41.7 Å². The number of hydrogen-bond donors (Lipinski definition) is 1. The summed E-state index contributed by atoms with van der Waals surface area (Å²) in [6, 6.07) is 9.54. The maximum atomic E-state index is 12.7. The molecule has 29 heavy (non-hydrogen) atoms. The van der Waals surface area contributed by atoms with Crippen LogP contribution in [0.4, 0.5) is 5.13 Å². The Hall–Kier alpha value is -3.73. The minimum absolute atomic E-state index is 0.0473. The van der Waals surface area contributed by atoms with Crippen molar-refractivity contribution in [3.63, 3.8) is 0 Å². The fourth-order valence-electron chi connectivity index (χ4n) is 2.64. The first-order valence-electron chi connectivity index (χ1n) is 8.67. The average molecular weight is 409 g/mol. The number of fused-ring (bicyclic) bond motifs is 1. The van der Waals surface area contributed by atoms with Crippen molar-refractivity contribution in [2.24, 2.45) is 0 Å². The maximum absolute atomic E-state index is 12.7. The molecule has 1 aromatic carbocycles. The van der Waals surface area contributed by atoms with Gasteiger partial charge < -0.3 is 4.74 Å². The highest BCUT2D eigenvalue weighted by Crippen LogP contribution is 2.26. The van der Waals surface area contributed by atoms with Crippen molar-refractivity contribution < 1.29 is 14.3 Å². The first-order chi connectivity index (χ1) is 14.1. The maximum Gasteiger partial charge on any atom is 0.360 e. The zero-order valence-corrected chi connectivity index (χ0v) is 16.3. The molecule has 0 fully saturated rings. The first-order valence-corrected chi connectivity index (χ1v) is 9.48. The standard InChI is InChI=1S/C18H15N7O3S/c1-3-28-17(27)13-10(2)25-14(22-21-13)12(9-19-25)15(26)20-18-24-23-16(29-18)11-7-5-4-6-8-11/h4-9H,3H2,1-2H3,(H,20,24,26). The van der Waals surface area contributed by atoms with Crippen LogP contribution in [-0.2, 0) is 4.74 Å². The number of carbonyl (C=O) groups is 2. The molecule has 4 aromatic rings. The third kappa shape index (κ3) is 3.55. The fraction of sp³-hybridized carbons (Fsp3) is 0.167. The molecular formula is C18H15N7O3S. The van der Waals surface area contributed by atoms with E-state index in [4.69, 9.17) is 4.74 Å². The molecule has 0 aliphatic carbocycles. The number of ether oxygens (including phenoxy) is 1. The monoisotopic (exact) mass is 409 g/mol. The van der Waals surface area contributed by atoms with E-state index in [9.17, 15) is 9.59 Å². The molecule has 4 rings (SSSR count). The number of anilines is 1. The summed E-state index contributed by atoms with van der Waals surface area (Å²) in [6.07, 6.45) is 1.36. The average Bonchev–Trinajstić information content (AvgIpc) is 3.36. The van der Waals surface area contributed by atoms with Crippen LogP contribution >= 0.6 is 11.3 Å². The van der Waals surface area contributed by atoms with Crippen LogP contribution in [0.5, 0.6) is 0 Å². The summed E-state index contributed by atoms with van der Waals surface area (Å²) in [7, 11) is 0. The van der Waals surface area contributed by atoms with Crippen molar-refractivity contribution in [3.05, 3.63) is 53.5 Å². The topological polar surface area (TPSA) is 124 Å². The number of hydrogen-bond acceptors (Lipinski definition) is 9. The molecule has 3 aromatic heterocycles. The summed E-state index contributed by atoms with van der Waals surface area (Å²) in [5.74, 6) is -1.04. The van der Waals surface area contributed by atoms with Crippen LogP contribution in [0.15, 0.2) is 36.5 Å². The molecule has 1 N–H and O–H groups in total. The van der Waals surface area contributed by atoms with Crippen LogP contribution in [0, 0.1) is 6.92 Å². The van der Waals surface area contributed by atoms with Crippen LogP contribution in [0.25, 0.3) is 16.2 Å². The quantitative estimate of drug-likeness (QED) is 0.498. The van der Waals surface area contributed by atoms with Gasteiger partial charge in [-0.15, -0.1) is 20.4 Å². The predicted molar refractivity (Wildman–Crippen MR) is 105 cm³/mol. The number of rotatable bonds is 5. The molecule has 0 bridgehead atoms. The Morgan fingerprint density at radius 1 is 1.14 bits per heavy atom. The Bertz CT molecular complexity index is 1200. The molecule has 0 saturated heterocycles. The lowest BCUT2D eigenvalue weighted by Gasteiger charge is -2.05. The number of aromatic nitrogens is 6. The molecule has 0 atom stereocenters. The van der Waals surface area contributed by atoms with Gasteiger partial charge in [0.25, 0.3) is 5.91 Å². The van der Waals surface area contributed by atoms with Crippen molar-refractivity contribution in [2.45, 2.75) is 13.8 Å². The Morgan fingerprint density at radius 2 is 1.93 bits per heavy atom. The Kier molecular flexibility index (Phi) is 4.96. The number of benzene rings is 1. The highest BCUT2D eigenvalue weighted by atomic mass is 32.1. The van der Waals surface area contributed by atoms with E-state index in [0.717, 1.165) is 5.56 Å². The van der Waals surface area contributed by atoms with Crippen molar-refractivity contribution in [1.82, 2.24) is 30.0 Å². The highest BCUT2D eigenvalue weighted by Gasteiger charge is 2.21. The highest BCUT2D eigenvalue weighted by molar-refractivity contribution is 7.18. The van der Waals surface area contributed by atoms with E-state index in [0.29, 0.717) is 15.8 Å². The van der Waals surface area contributed by atoms with Gasteiger partial charge in [-0.25, -0.2) is 9.31 Å². The van der Waals surface area contributed by atoms with E-state index in [1.165, 1.54) is 22.0 Å². The molecule has 0 radical (unpaired) electrons. The minimum atomic E-state index is -0.594. The van der Waals surface area contributed by atoms with Crippen LogP contribution in [0.2, 0.25) is 0 Å². The van der Waals surface area contributed by atoms with Gasteiger partial charge in [0.05, 0.1) is 18.5 Å². The lowest BCUT2D eigenvalue weighted by atomic mass is 10.2. The van der Waals surface area contributed by atoms with E-state index in [1.54, 1.807) is 13.8 Å². The smallest absolute Gasteiger partial charge is 0.360 e. The largest absolute Gasteiger partial charge is 0.461 e. The van der Waals surface area contributed by atoms with Crippen molar-refractivity contribution in [3.8, 4) is 10.6 Å². The molecule has 0 aliphatic rings. The summed E-state index contributed by atoms with van der Waals surface area (Å²) >= 11 is 1.25. The van der Waals surface area contributed by atoms with Crippen molar-refractivity contribution in [1.29, 1.82) is 0 Å². The third-order valence-corrected chi connectivity index (χ3v) is 4.92. The fourth-order valence-corrected chi connectivity index (χ4v) is 3.38. The Labute approximate surface area is 168 Å². The van der Waals surface area contributed by atoms with Gasteiger partial charge >= 0.3 is 5.97 Å². The van der Waals surface area contributed by atoms with Gasteiger partial charge in [0.15, 0.2) is 11.3 Å². The number of amides is 1. The van der Waals surface area contributed by atoms with Gasteiger partial charge in [-0.05, 0) is 13.8 Å². The minimum Gasteiger partial charge on any atom is -0.461 e. The number of aryl methyl sites for hydroxylation is 1. The van der Waals surface area contributed by atoms with E-state index in [1.807, 2.05) is 30.3 Å². The molecule has 146 valence electrons. The summed E-state index contributed by atoms with van der Waals surface area (Å²) in [4.78, 5) is 24.6. The molecule has 3 heterocycles. The van der Waals surface area contributed by atoms with E-state index < -0.39 is 11.9 Å². The lowest BCUT2D eigenvalue weighted by Crippen LogP contribution is -2.16. The first kappa shape index (κ1) is 18.6. The molecule has 1 amide bonds. The summed E-state index contributed by atoms with van der Waals surface area (Å²) < 4.78 is 6.33. The Morgan fingerprint density at radius 3 is 2.69 bits per heavy atom. The number of nitrogens with one attached hydrogen (secondary N) is 1. The van der Waals surface area contributed by atoms with Gasteiger partial charge in [-0.3, -0.25) is 10.1 Å². The van der Waals surface area contributed by atoms with E-state index in [-0.39, 0.29) is 23.5 Å². The Balaban J connectivity index is 1.59. The van der Waals surface area contributed by atoms with Crippen LogP contribution in [-0.4, -0.2) is 48.5 Å². The second-order valence-corrected chi connectivity index (χ2v) is 6.86. The van der Waals surface area contributed by atoms with Crippen molar-refractivity contribution in [2.75, 3.05) is 11.9 Å². The molecular weight excluding hydrogens is 394 g/mol. The SMILES string of the molecule is CCOC(=O)c1nnc2c(C(=O)Nc3nnc(-c4ccccc4)s3)cnn2c1C. The van der Waals surface area contributed by atoms with Crippen LogP contribution < -0.4 is 5.32 Å². The molecule has 0 aliphatic heterocycles. The zero-order chi connectivity index (χ0) is 20.4. The molecule has 0 saturated carbocycles. The number of carbonyl (C=O) groups excluding carboxylic acids is 2. The summed E-state index contributed by atoms with van der Waals surface area (Å²) in [5.41, 5.74) is 1.81. The summed E-state index contributed by atoms with van der Waals surface area (Å²) in [5, 5.41) is 23.9. The molecule has 0 unspecified atom stereocenters. The van der Waals surface area contributed by atoms with E-state index >= 15 is 0 Å². The lowest BCUT2D eigenvalue weighted by molar-refractivity contribution is 0.0516. The molecule has 10 nitrogen and oxygen atoms in total. The molecule has 11 heteroatoms. The van der Waals surface area contributed by atoms with Gasteiger partial charge in [0.1, 0.15) is 10.6 Å². The third-order valence-electron chi connectivity index (χ3n) is 4.03. The number of esters is 1. The van der Waals surface area contributed by atoms with Gasteiger partial charge in [0, 0.05) is 5.56 Å². The van der Waals surface area contributed by atoms with Gasteiger partial charge in [0.2, 0.25) is 5.13 Å². The second-order valence-electron chi connectivity index (χ2n) is 5.88. The predicted octanol–water partition coefficient (Wildman–Crippen LogP) is 2.38.